The molecule has 0 aromatic heterocycles. The molecule has 8 nitrogen and oxygen atoms in total. The van der Waals surface area contributed by atoms with E-state index in [9.17, 15) is 9.90 Å². The molecule has 2 unspecified atom stereocenters. The van der Waals surface area contributed by atoms with E-state index in [2.05, 4.69) is 6.58 Å². The standard InChI is InChI=1S/C20H28O8/c1-3-17(25-15-24-10-9-23-2)18(13-20(14-21)26-11-12-27-20)28-19(22)16-7-5-4-6-8-16/h3-8,17-18,21H,1,9-15H2,2H3. The Morgan fingerprint density at radius 2 is 2.00 bits per heavy atom. The lowest BCUT2D eigenvalue weighted by Gasteiger charge is -2.32. The molecule has 1 heterocycles. The molecule has 1 saturated heterocycles. The van der Waals surface area contributed by atoms with Gasteiger partial charge in [-0.2, -0.15) is 0 Å². The third-order valence-corrected chi connectivity index (χ3v) is 4.21. The summed E-state index contributed by atoms with van der Waals surface area (Å²) in [6.45, 7) is 4.84. The number of hydrogen-bond donors (Lipinski definition) is 1. The summed E-state index contributed by atoms with van der Waals surface area (Å²) >= 11 is 0. The van der Waals surface area contributed by atoms with Gasteiger partial charge in [0.2, 0.25) is 0 Å². The zero-order valence-corrected chi connectivity index (χ0v) is 16.1. The second-order valence-electron chi connectivity index (χ2n) is 6.17. The van der Waals surface area contributed by atoms with E-state index < -0.39 is 24.0 Å². The van der Waals surface area contributed by atoms with Crippen LogP contribution in [0.2, 0.25) is 0 Å². The normalized spacial score (nSPS) is 17.8. The highest BCUT2D eigenvalue weighted by molar-refractivity contribution is 5.89. The average Bonchev–Trinajstić information content (AvgIpc) is 3.20. The largest absolute Gasteiger partial charge is 0.455 e. The molecule has 1 N–H and O–H groups in total. The van der Waals surface area contributed by atoms with E-state index in [0.29, 0.717) is 32.0 Å². The SMILES string of the molecule is C=CC(OCOCCOC)C(CC1(CO)OCCO1)OC(=O)c1ccccc1. The zero-order valence-electron chi connectivity index (χ0n) is 16.1. The highest BCUT2D eigenvalue weighted by Crippen LogP contribution is 2.28. The number of hydrogen-bond acceptors (Lipinski definition) is 8. The van der Waals surface area contributed by atoms with Gasteiger partial charge in [0.1, 0.15) is 19.0 Å². The number of esters is 1. The monoisotopic (exact) mass is 396 g/mol. The molecule has 0 spiro atoms. The summed E-state index contributed by atoms with van der Waals surface area (Å²) in [7, 11) is 1.58. The van der Waals surface area contributed by atoms with Gasteiger partial charge in [-0.15, -0.1) is 6.58 Å². The van der Waals surface area contributed by atoms with Crippen molar-refractivity contribution in [3.63, 3.8) is 0 Å². The number of aliphatic hydroxyl groups excluding tert-OH is 1. The average molecular weight is 396 g/mol. The molecular formula is C20H28O8. The maximum absolute atomic E-state index is 12.6. The number of carbonyl (C=O) groups excluding carboxylic acids is 1. The van der Waals surface area contributed by atoms with Crippen molar-refractivity contribution in [3.8, 4) is 0 Å². The van der Waals surface area contributed by atoms with Crippen molar-refractivity contribution in [2.24, 2.45) is 0 Å². The third-order valence-electron chi connectivity index (χ3n) is 4.21. The van der Waals surface area contributed by atoms with Crippen LogP contribution in [0.4, 0.5) is 0 Å². The quantitative estimate of drug-likeness (QED) is 0.232. The van der Waals surface area contributed by atoms with Crippen LogP contribution < -0.4 is 0 Å². The molecule has 2 rings (SSSR count). The van der Waals surface area contributed by atoms with E-state index in [0.717, 1.165) is 0 Å². The first-order valence-electron chi connectivity index (χ1n) is 9.10. The Morgan fingerprint density at radius 1 is 1.29 bits per heavy atom. The molecule has 8 heteroatoms. The fraction of sp³-hybridized carbons (Fsp3) is 0.550. The molecule has 1 aliphatic heterocycles. The molecule has 1 aromatic carbocycles. The Labute approximate surface area is 164 Å². The van der Waals surface area contributed by atoms with Gasteiger partial charge >= 0.3 is 5.97 Å². The Balaban J connectivity index is 2.07. The first-order valence-corrected chi connectivity index (χ1v) is 9.10. The van der Waals surface area contributed by atoms with Crippen molar-refractivity contribution in [2.75, 3.05) is 46.9 Å². The fourth-order valence-corrected chi connectivity index (χ4v) is 2.74. The van der Waals surface area contributed by atoms with E-state index in [1.54, 1.807) is 31.4 Å². The van der Waals surface area contributed by atoms with Gasteiger partial charge in [-0.05, 0) is 12.1 Å². The summed E-state index contributed by atoms with van der Waals surface area (Å²) in [5.74, 6) is -1.77. The van der Waals surface area contributed by atoms with Gasteiger partial charge in [0.15, 0.2) is 5.79 Å². The molecule has 2 atom stereocenters. The molecule has 0 radical (unpaired) electrons. The predicted molar refractivity (Wildman–Crippen MR) is 99.7 cm³/mol. The lowest BCUT2D eigenvalue weighted by molar-refractivity contribution is -0.210. The molecule has 0 bridgehead atoms. The van der Waals surface area contributed by atoms with Crippen molar-refractivity contribution >= 4 is 5.97 Å². The highest BCUT2D eigenvalue weighted by Gasteiger charge is 2.42. The molecule has 156 valence electrons. The minimum absolute atomic E-state index is 0.0345. The summed E-state index contributed by atoms with van der Waals surface area (Å²) in [5.41, 5.74) is 0.401. The van der Waals surface area contributed by atoms with E-state index in [1.165, 1.54) is 6.08 Å². The second kappa shape index (κ2) is 11.9. The molecule has 0 saturated carbocycles. The topological polar surface area (TPSA) is 92.7 Å². The molecule has 0 aliphatic carbocycles. The van der Waals surface area contributed by atoms with Crippen LogP contribution in [0.15, 0.2) is 43.0 Å². The molecule has 28 heavy (non-hydrogen) atoms. The van der Waals surface area contributed by atoms with Crippen molar-refractivity contribution in [1.82, 2.24) is 0 Å². The van der Waals surface area contributed by atoms with E-state index in [-0.39, 0.29) is 19.8 Å². The fourth-order valence-electron chi connectivity index (χ4n) is 2.74. The van der Waals surface area contributed by atoms with Gasteiger partial charge in [0.05, 0.1) is 38.6 Å². The molecule has 1 aliphatic rings. The van der Waals surface area contributed by atoms with Crippen LogP contribution in [-0.4, -0.2) is 76.0 Å². The van der Waals surface area contributed by atoms with Gasteiger partial charge in [-0.1, -0.05) is 24.3 Å². The van der Waals surface area contributed by atoms with Crippen LogP contribution in [0.5, 0.6) is 0 Å². The lowest BCUT2D eigenvalue weighted by atomic mass is 10.0. The maximum atomic E-state index is 12.6. The summed E-state index contributed by atoms with van der Waals surface area (Å²) in [6.07, 6.45) is 0.104. The second-order valence-corrected chi connectivity index (χ2v) is 6.17. The summed E-state index contributed by atoms with van der Waals surface area (Å²) in [5, 5.41) is 9.75. The minimum Gasteiger partial charge on any atom is -0.455 e. The molecular weight excluding hydrogens is 368 g/mol. The maximum Gasteiger partial charge on any atom is 0.338 e. The Kier molecular flexibility index (Phi) is 9.56. The van der Waals surface area contributed by atoms with Crippen LogP contribution in [0, 0.1) is 0 Å². The van der Waals surface area contributed by atoms with Gasteiger partial charge in [0, 0.05) is 13.5 Å². The number of methoxy groups -OCH3 is 1. The molecule has 1 fully saturated rings. The van der Waals surface area contributed by atoms with Crippen LogP contribution in [0.25, 0.3) is 0 Å². The number of aliphatic hydroxyl groups is 1. The number of carbonyl (C=O) groups is 1. The predicted octanol–water partition coefficient (Wildman–Crippen LogP) is 1.53. The minimum atomic E-state index is -1.25. The van der Waals surface area contributed by atoms with Gasteiger partial charge in [0.25, 0.3) is 0 Å². The van der Waals surface area contributed by atoms with E-state index >= 15 is 0 Å². The Bertz CT molecular complexity index is 585. The number of ether oxygens (including phenoxy) is 6. The van der Waals surface area contributed by atoms with Crippen LogP contribution in [0.3, 0.4) is 0 Å². The van der Waals surface area contributed by atoms with Crippen LogP contribution in [-0.2, 0) is 28.4 Å². The van der Waals surface area contributed by atoms with Crippen LogP contribution in [0.1, 0.15) is 16.8 Å². The molecule has 0 amide bonds. The van der Waals surface area contributed by atoms with Crippen molar-refractivity contribution in [3.05, 3.63) is 48.6 Å². The van der Waals surface area contributed by atoms with E-state index in [1.807, 2.05) is 6.07 Å². The summed E-state index contributed by atoms with van der Waals surface area (Å²) in [6, 6.07) is 8.61. The highest BCUT2D eigenvalue weighted by atomic mass is 16.7. The molecule has 1 aromatic rings. The first-order chi connectivity index (χ1) is 13.6. The van der Waals surface area contributed by atoms with Crippen molar-refractivity contribution < 1.29 is 38.3 Å². The van der Waals surface area contributed by atoms with Crippen molar-refractivity contribution in [2.45, 2.75) is 24.4 Å². The smallest absolute Gasteiger partial charge is 0.338 e. The van der Waals surface area contributed by atoms with Gasteiger partial charge in [-0.25, -0.2) is 4.79 Å². The number of benzene rings is 1. The summed E-state index contributed by atoms with van der Waals surface area (Å²) in [4.78, 5) is 12.6. The Morgan fingerprint density at radius 3 is 2.61 bits per heavy atom. The number of rotatable bonds is 13. The van der Waals surface area contributed by atoms with Crippen molar-refractivity contribution in [1.29, 1.82) is 0 Å². The zero-order chi connectivity index (χ0) is 20.2. The third kappa shape index (κ3) is 6.66. The van der Waals surface area contributed by atoms with Gasteiger partial charge < -0.3 is 33.5 Å². The Hall–Kier alpha value is -1.81. The first kappa shape index (κ1) is 22.5. The lowest BCUT2D eigenvalue weighted by Crippen LogP contribution is -2.44. The summed E-state index contributed by atoms with van der Waals surface area (Å²) < 4.78 is 32.7. The van der Waals surface area contributed by atoms with Crippen LogP contribution >= 0.6 is 0 Å². The van der Waals surface area contributed by atoms with Gasteiger partial charge in [-0.3, -0.25) is 0 Å². The van der Waals surface area contributed by atoms with E-state index in [4.69, 9.17) is 28.4 Å².